The zero-order valence-corrected chi connectivity index (χ0v) is 13.3. The second-order valence-electron chi connectivity index (χ2n) is 5.68. The molecule has 1 aromatic heterocycles. The summed E-state index contributed by atoms with van der Waals surface area (Å²) in [5.74, 6) is 0.921. The smallest absolute Gasteiger partial charge is 0.140 e. The van der Waals surface area contributed by atoms with Crippen LogP contribution in [-0.4, -0.2) is 37.1 Å². The molecular formula is C16H26N4O. The Bertz CT molecular complexity index is 515. The maximum Gasteiger partial charge on any atom is 0.140 e. The number of nitrogens with zero attached hydrogens (tertiary/aromatic N) is 2. The maximum atomic E-state index is 7.88. The molecule has 3 N–H and O–H groups in total. The number of amidine groups is 1. The molecule has 0 saturated heterocycles. The minimum Gasteiger partial charge on any atom is -0.384 e. The molecule has 1 heterocycles. The Balaban J connectivity index is 2.46. The molecule has 2 rings (SSSR count). The Morgan fingerprint density at radius 2 is 2.19 bits per heavy atom. The van der Waals surface area contributed by atoms with E-state index in [2.05, 4.69) is 24.8 Å². The molecule has 5 nitrogen and oxygen atoms in total. The van der Waals surface area contributed by atoms with E-state index in [1.807, 2.05) is 0 Å². The van der Waals surface area contributed by atoms with Crippen LogP contribution >= 0.6 is 0 Å². The molecule has 1 unspecified atom stereocenters. The molecule has 116 valence electrons. The third-order valence-electron chi connectivity index (χ3n) is 4.12. The molecule has 0 bridgehead atoms. The van der Waals surface area contributed by atoms with Gasteiger partial charge in [-0.2, -0.15) is 0 Å². The fraction of sp³-hybridized carbons (Fsp3) is 0.625. The molecule has 0 amide bonds. The van der Waals surface area contributed by atoms with Crippen molar-refractivity contribution >= 4 is 11.7 Å². The number of aryl methyl sites for hydroxylation is 2. The number of ether oxygens (including phenoxy) is 1. The first-order valence-electron chi connectivity index (χ1n) is 7.71. The van der Waals surface area contributed by atoms with Gasteiger partial charge >= 0.3 is 0 Å². The third-order valence-corrected chi connectivity index (χ3v) is 4.12. The molecule has 0 radical (unpaired) electrons. The van der Waals surface area contributed by atoms with Crippen molar-refractivity contribution in [2.24, 2.45) is 5.73 Å². The Hall–Kier alpha value is -1.62. The highest BCUT2D eigenvalue weighted by molar-refractivity contribution is 6.00. The first-order chi connectivity index (χ1) is 10.1. The number of anilines is 1. The summed E-state index contributed by atoms with van der Waals surface area (Å²) in [6.07, 6.45) is 4.46. The summed E-state index contributed by atoms with van der Waals surface area (Å²) in [5, 5.41) is 7.88. The Labute approximate surface area is 127 Å². The van der Waals surface area contributed by atoms with Crippen LogP contribution in [0.2, 0.25) is 0 Å². The number of methoxy groups -OCH3 is 1. The lowest BCUT2D eigenvalue weighted by atomic mass is 9.94. The van der Waals surface area contributed by atoms with E-state index in [0.717, 1.165) is 30.8 Å². The van der Waals surface area contributed by atoms with Crippen molar-refractivity contribution in [1.82, 2.24) is 4.98 Å². The van der Waals surface area contributed by atoms with Crippen molar-refractivity contribution in [3.8, 4) is 0 Å². The minimum absolute atomic E-state index is 0.0916. The molecule has 5 heteroatoms. The van der Waals surface area contributed by atoms with Crippen LogP contribution < -0.4 is 10.6 Å². The van der Waals surface area contributed by atoms with Crippen molar-refractivity contribution in [1.29, 1.82) is 5.41 Å². The molecule has 0 aliphatic heterocycles. The van der Waals surface area contributed by atoms with E-state index in [-0.39, 0.29) is 11.9 Å². The molecule has 1 aliphatic rings. The lowest BCUT2D eigenvalue weighted by Crippen LogP contribution is -2.38. The topological polar surface area (TPSA) is 75.2 Å². The number of likely N-dealkylation sites (N-methyl/N-ethyl adjacent to an activating group) is 1. The number of hydrogen-bond donors (Lipinski definition) is 2. The van der Waals surface area contributed by atoms with Gasteiger partial charge in [0.25, 0.3) is 0 Å². The second kappa shape index (κ2) is 6.89. The number of hydrogen-bond acceptors (Lipinski definition) is 4. The summed E-state index contributed by atoms with van der Waals surface area (Å²) in [4.78, 5) is 7.03. The number of nitrogens with one attached hydrogen (secondary N) is 1. The zero-order chi connectivity index (χ0) is 15.4. The highest BCUT2D eigenvalue weighted by Gasteiger charge is 2.22. The van der Waals surface area contributed by atoms with Crippen molar-refractivity contribution < 1.29 is 4.74 Å². The van der Waals surface area contributed by atoms with Crippen LogP contribution in [0.5, 0.6) is 0 Å². The number of nitrogens with two attached hydrogens (primary N) is 1. The molecule has 0 spiro atoms. The second-order valence-corrected chi connectivity index (χ2v) is 5.68. The van der Waals surface area contributed by atoms with Crippen LogP contribution in [0.15, 0.2) is 6.07 Å². The van der Waals surface area contributed by atoms with E-state index in [1.54, 1.807) is 7.11 Å². The van der Waals surface area contributed by atoms with Gasteiger partial charge in [0.1, 0.15) is 11.7 Å². The fourth-order valence-corrected chi connectivity index (χ4v) is 3.04. The van der Waals surface area contributed by atoms with Crippen molar-refractivity contribution in [3.63, 3.8) is 0 Å². The van der Waals surface area contributed by atoms with Crippen molar-refractivity contribution in [2.75, 3.05) is 25.2 Å². The predicted octanol–water partition coefficient (Wildman–Crippen LogP) is 2.11. The van der Waals surface area contributed by atoms with E-state index < -0.39 is 0 Å². The summed E-state index contributed by atoms with van der Waals surface area (Å²) >= 11 is 0. The number of pyridine rings is 1. The average Bonchev–Trinajstić information content (AvgIpc) is 2.47. The van der Waals surface area contributed by atoms with Gasteiger partial charge < -0.3 is 15.4 Å². The average molecular weight is 290 g/mol. The molecule has 1 aliphatic carbocycles. The summed E-state index contributed by atoms with van der Waals surface area (Å²) in [5.41, 5.74) is 8.98. The normalized spacial score (nSPS) is 15.4. The van der Waals surface area contributed by atoms with Gasteiger partial charge in [-0.3, -0.25) is 5.41 Å². The van der Waals surface area contributed by atoms with Crippen molar-refractivity contribution in [3.05, 3.63) is 22.9 Å². The number of aromatic nitrogens is 1. The predicted molar refractivity (Wildman–Crippen MR) is 86.3 cm³/mol. The third kappa shape index (κ3) is 3.35. The van der Waals surface area contributed by atoms with Crippen LogP contribution in [0, 0.1) is 5.41 Å². The molecule has 1 aromatic rings. The van der Waals surface area contributed by atoms with E-state index in [1.165, 1.54) is 24.1 Å². The van der Waals surface area contributed by atoms with Gasteiger partial charge in [-0.05, 0) is 51.2 Å². The minimum atomic E-state index is 0.0916. The quantitative estimate of drug-likeness (QED) is 0.621. The van der Waals surface area contributed by atoms with Gasteiger partial charge in [-0.1, -0.05) is 0 Å². The maximum absolute atomic E-state index is 7.88. The molecular weight excluding hydrogens is 264 g/mol. The van der Waals surface area contributed by atoms with E-state index >= 15 is 0 Å². The van der Waals surface area contributed by atoms with Gasteiger partial charge in [-0.25, -0.2) is 4.98 Å². The van der Waals surface area contributed by atoms with Crippen molar-refractivity contribution in [2.45, 2.75) is 45.6 Å². The Kier molecular flexibility index (Phi) is 5.17. The van der Waals surface area contributed by atoms with Gasteiger partial charge in [0.2, 0.25) is 0 Å². The van der Waals surface area contributed by atoms with Crippen LogP contribution in [0.4, 0.5) is 5.82 Å². The van der Waals surface area contributed by atoms with E-state index in [9.17, 15) is 0 Å². The summed E-state index contributed by atoms with van der Waals surface area (Å²) < 4.78 is 5.27. The standard InChI is InChI=1S/C16H26N4O/c1-4-20(11(2)10-21-3)16-13(15(17)18)9-12-7-5-6-8-14(12)19-16/h9,11H,4-8,10H2,1-3H3,(H3,17,18). The van der Waals surface area contributed by atoms with Crippen LogP contribution in [0.1, 0.15) is 43.5 Å². The summed E-state index contributed by atoms with van der Waals surface area (Å²) in [7, 11) is 1.70. The molecule has 0 saturated carbocycles. The van der Waals surface area contributed by atoms with E-state index in [4.69, 9.17) is 20.9 Å². The number of rotatable bonds is 6. The van der Waals surface area contributed by atoms with Gasteiger partial charge in [0.05, 0.1) is 18.2 Å². The molecule has 1 atom stereocenters. The SMILES string of the molecule is CCN(c1nc2c(cc1C(=N)N)CCCC2)C(C)COC. The lowest BCUT2D eigenvalue weighted by molar-refractivity contribution is 0.181. The van der Waals surface area contributed by atoms with E-state index in [0.29, 0.717) is 6.61 Å². The van der Waals surface area contributed by atoms with Crippen LogP contribution in [0.3, 0.4) is 0 Å². The fourth-order valence-electron chi connectivity index (χ4n) is 3.04. The van der Waals surface area contributed by atoms with Gasteiger partial charge in [0.15, 0.2) is 0 Å². The van der Waals surface area contributed by atoms with Gasteiger partial charge in [-0.15, -0.1) is 0 Å². The van der Waals surface area contributed by atoms with Gasteiger partial charge in [0, 0.05) is 19.3 Å². The lowest BCUT2D eigenvalue weighted by Gasteiger charge is -2.31. The van der Waals surface area contributed by atoms with Crippen LogP contribution in [0.25, 0.3) is 0 Å². The number of nitrogen functional groups attached to an aromatic ring is 1. The summed E-state index contributed by atoms with van der Waals surface area (Å²) in [6, 6.07) is 2.27. The van der Waals surface area contributed by atoms with Crippen LogP contribution in [-0.2, 0) is 17.6 Å². The number of fused-ring (bicyclic) bond motifs is 1. The first-order valence-corrected chi connectivity index (χ1v) is 7.71. The highest BCUT2D eigenvalue weighted by Crippen LogP contribution is 2.27. The largest absolute Gasteiger partial charge is 0.384 e. The molecule has 0 aromatic carbocycles. The first kappa shape index (κ1) is 15.8. The molecule has 21 heavy (non-hydrogen) atoms. The highest BCUT2D eigenvalue weighted by atomic mass is 16.5. The zero-order valence-electron chi connectivity index (χ0n) is 13.3. The Morgan fingerprint density at radius 3 is 2.81 bits per heavy atom. The monoisotopic (exact) mass is 290 g/mol. The molecule has 0 fully saturated rings. The summed E-state index contributed by atoms with van der Waals surface area (Å²) in [6.45, 7) is 5.65. The Morgan fingerprint density at radius 1 is 1.48 bits per heavy atom.